The standard InChI is InChI=1S/C16H29NO4/c1-12(13-3-4-13)17(9-10-21-2)11-16(20)7-5-14(6-8-16)15(18)19/h12-14,20H,3-11H2,1-2H3,(H,18,19). The summed E-state index contributed by atoms with van der Waals surface area (Å²) >= 11 is 0. The fraction of sp³-hybridized carbons (Fsp3) is 0.938. The molecule has 1 atom stereocenters. The lowest BCUT2D eigenvalue weighted by Crippen LogP contribution is -2.50. The third-order valence-electron chi connectivity index (χ3n) is 5.23. The first-order chi connectivity index (χ1) is 9.95. The molecule has 0 aromatic rings. The average molecular weight is 299 g/mol. The van der Waals surface area contributed by atoms with E-state index in [0.717, 1.165) is 12.5 Å². The van der Waals surface area contributed by atoms with Crippen LogP contribution >= 0.6 is 0 Å². The highest BCUT2D eigenvalue weighted by atomic mass is 16.5. The Morgan fingerprint density at radius 3 is 2.43 bits per heavy atom. The van der Waals surface area contributed by atoms with E-state index in [-0.39, 0.29) is 5.92 Å². The summed E-state index contributed by atoms with van der Waals surface area (Å²) < 4.78 is 5.19. The van der Waals surface area contributed by atoms with E-state index in [1.807, 2.05) is 0 Å². The number of carbonyl (C=O) groups is 1. The van der Waals surface area contributed by atoms with Gasteiger partial charge in [0.05, 0.1) is 18.1 Å². The second kappa shape index (κ2) is 7.07. The van der Waals surface area contributed by atoms with E-state index in [0.29, 0.717) is 44.9 Å². The summed E-state index contributed by atoms with van der Waals surface area (Å²) in [5, 5.41) is 19.9. The summed E-state index contributed by atoms with van der Waals surface area (Å²) in [5.41, 5.74) is -0.733. The highest BCUT2D eigenvalue weighted by Gasteiger charge is 2.40. The van der Waals surface area contributed by atoms with Gasteiger partial charge >= 0.3 is 5.97 Å². The van der Waals surface area contributed by atoms with E-state index in [1.54, 1.807) is 7.11 Å². The lowest BCUT2D eigenvalue weighted by molar-refractivity contribution is -0.145. The Bertz CT molecular complexity index is 348. The molecule has 2 saturated carbocycles. The first-order valence-corrected chi connectivity index (χ1v) is 8.13. The highest BCUT2D eigenvalue weighted by molar-refractivity contribution is 5.70. The van der Waals surface area contributed by atoms with Crippen LogP contribution in [-0.4, -0.2) is 59.5 Å². The van der Waals surface area contributed by atoms with Gasteiger partial charge in [-0.15, -0.1) is 0 Å². The van der Waals surface area contributed by atoms with Crippen molar-refractivity contribution in [3.8, 4) is 0 Å². The minimum Gasteiger partial charge on any atom is -0.481 e. The molecule has 0 aromatic heterocycles. The zero-order valence-corrected chi connectivity index (χ0v) is 13.3. The second-order valence-electron chi connectivity index (χ2n) is 6.88. The van der Waals surface area contributed by atoms with Gasteiger partial charge in [0.1, 0.15) is 0 Å². The zero-order valence-electron chi connectivity index (χ0n) is 13.3. The molecule has 2 fully saturated rings. The summed E-state index contributed by atoms with van der Waals surface area (Å²) in [4.78, 5) is 13.4. The van der Waals surface area contributed by atoms with Crippen molar-refractivity contribution in [1.82, 2.24) is 4.90 Å². The van der Waals surface area contributed by atoms with Crippen LogP contribution in [0.25, 0.3) is 0 Å². The van der Waals surface area contributed by atoms with Gasteiger partial charge in [-0.1, -0.05) is 0 Å². The minimum atomic E-state index is -0.733. The topological polar surface area (TPSA) is 70.0 Å². The number of methoxy groups -OCH3 is 1. The van der Waals surface area contributed by atoms with Gasteiger partial charge in [-0.2, -0.15) is 0 Å². The van der Waals surface area contributed by atoms with Crippen molar-refractivity contribution >= 4 is 5.97 Å². The number of hydrogen-bond acceptors (Lipinski definition) is 4. The Morgan fingerprint density at radius 2 is 1.95 bits per heavy atom. The molecular formula is C16H29NO4. The summed E-state index contributed by atoms with van der Waals surface area (Å²) in [6.07, 6.45) is 4.91. The normalized spacial score (nSPS) is 31.3. The number of carboxylic acid groups (broad SMARTS) is 1. The first kappa shape index (κ1) is 16.7. The number of hydrogen-bond donors (Lipinski definition) is 2. The maximum absolute atomic E-state index is 11.0. The van der Waals surface area contributed by atoms with Crippen LogP contribution < -0.4 is 0 Å². The van der Waals surface area contributed by atoms with Crippen LogP contribution in [0.2, 0.25) is 0 Å². The molecule has 5 heteroatoms. The van der Waals surface area contributed by atoms with Crippen molar-refractivity contribution < 1.29 is 19.7 Å². The van der Waals surface area contributed by atoms with E-state index in [1.165, 1.54) is 12.8 Å². The highest BCUT2D eigenvalue weighted by Crippen LogP contribution is 2.38. The Hall–Kier alpha value is -0.650. The molecule has 21 heavy (non-hydrogen) atoms. The largest absolute Gasteiger partial charge is 0.481 e. The predicted octanol–water partition coefficient (Wildman–Crippen LogP) is 1.74. The monoisotopic (exact) mass is 299 g/mol. The fourth-order valence-electron chi connectivity index (χ4n) is 3.45. The van der Waals surface area contributed by atoms with Crippen molar-refractivity contribution in [2.45, 2.75) is 57.1 Å². The number of ether oxygens (including phenoxy) is 1. The molecule has 122 valence electrons. The molecule has 0 radical (unpaired) electrons. The molecule has 2 aliphatic rings. The number of nitrogens with zero attached hydrogens (tertiary/aromatic N) is 1. The van der Waals surface area contributed by atoms with Gasteiger partial charge in [-0.3, -0.25) is 9.69 Å². The number of aliphatic carboxylic acids is 1. The number of rotatable bonds is 8. The maximum Gasteiger partial charge on any atom is 0.306 e. The molecule has 2 rings (SSSR count). The van der Waals surface area contributed by atoms with Crippen LogP contribution in [0, 0.1) is 11.8 Å². The smallest absolute Gasteiger partial charge is 0.306 e. The van der Waals surface area contributed by atoms with Gasteiger partial charge in [0.25, 0.3) is 0 Å². The van der Waals surface area contributed by atoms with Crippen molar-refractivity contribution in [2.75, 3.05) is 26.8 Å². The van der Waals surface area contributed by atoms with Crippen molar-refractivity contribution in [1.29, 1.82) is 0 Å². The van der Waals surface area contributed by atoms with Crippen LogP contribution in [0.4, 0.5) is 0 Å². The average Bonchev–Trinajstić information content (AvgIpc) is 3.27. The van der Waals surface area contributed by atoms with Gasteiger partial charge in [0.15, 0.2) is 0 Å². The van der Waals surface area contributed by atoms with Crippen molar-refractivity contribution in [2.24, 2.45) is 11.8 Å². The zero-order chi connectivity index (χ0) is 15.5. The van der Waals surface area contributed by atoms with Crippen LogP contribution in [0.1, 0.15) is 45.4 Å². The molecule has 0 saturated heterocycles. The molecule has 0 heterocycles. The third-order valence-corrected chi connectivity index (χ3v) is 5.23. The summed E-state index contributed by atoms with van der Waals surface area (Å²) in [6.45, 7) is 4.38. The summed E-state index contributed by atoms with van der Waals surface area (Å²) in [7, 11) is 1.70. The van der Waals surface area contributed by atoms with Crippen LogP contribution in [0.3, 0.4) is 0 Å². The molecule has 0 spiro atoms. The van der Waals surface area contributed by atoms with Crippen LogP contribution in [0.15, 0.2) is 0 Å². The Labute approximate surface area is 127 Å². The Morgan fingerprint density at radius 1 is 1.33 bits per heavy atom. The Kier molecular flexibility index (Phi) is 5.63. The molecule has 0 amide bonds. The van der Waals surface area contributed by atoms with Gasteiger partial charge < -0.3 is 14.9 Å². The van der Waals surface area contributed by atoms with Gasteiger partial charge in [-0.25, -0.2) is 0 Å². The minimum absolute atomic E-state index is 0.279. The lowest BCUT2D eigenvalue weighted by Gasteiger charge is -2.40. The summed E-state index contributed by atoms with van der Waals surface area (Å²) in [6, 6.07) is 0.473. The van der Waals surface area contributed by atoms with Crippen molar-refractivity contribution in [3.63, 3.8) is 0 Å². The van der Waals surface area contributed by atoms with E-state index < -0.39 is 11.6 Å². The van der Waals surface area contributed by atoms with Gasteiger partial charge in [0, 0.05) is 26.2 Å². The third kappa shape index (κ3) is 4.66. The lowest BCUT2D eigenvalue weighted by atomic mass is 9.78. The molecule has 0 aliphatic heterocycles. The van der Waals surface area contributed by atoms with E-state index in [9.17, 15) is 9.90 Å². The molecule has 1 unspecified atom stereocenters. The number of aliphatic hydroxyl groups is 1. The molecular weight excluding hydrogens is 270 g/mol. The number of carboxylic acids is 1. The maximum atomic E-state index is 11.0. The van der Waals surface area contributed by atoms with Crippen LogP contribution in [-0.2, 0) is 9.53 Å². The SMILES string of the molecule is COCCN(CC1(O)CCC(C(=O)O)CC1)C(C)C1CC1. The molecule has 2 aliphatic carbocycles. The Balaban J connectivity index is 1.90. The molecule has 5 nitrogen and oxygen atoms in total. The van der Waals surface area contributed by atoms with Crippen molar-refractivity contribution in [3.05, 3.63) is 0 Å². The quantitative estimate of drug-likeness (QED) is 0.714. The van der Waals surface area contributed by atoms with E-state index >= 15 is 0 Å². The molecule has 0 aromatic carbocycles. The summed E-state index contributed by atoms with van der Waals surface area (Å²) in [5.74, 6) is -0.251. The predicted molar refractivity (Wildman–Crippen MR) is 80.2 cm³/mol. The second-order valence-corrected chi connectivity index (χ2v) is 6.88. The van der Waals surface area contributed by atoms with Gasteiger partial charge in [0.2, 0.25) is 0 Å². The first-order valence-electron chi connectivity index (χ1n) is 8.13. The van der Waals surface area contributed by atoms with Crippen LogP contribution in [0.5, 0.6) is 0 Å². The van der Waals surface area contributed by atoms with E-state index in [2.05, 4.69) is 11.8 Å². The fourth-order valence-corrected chi connectivity index (χ4v) is 3.45. The molecule has 2 N–H and O–H groups in total. The van der Waals surface area contributed by atoms with E-state index in [4.69, 9.17) is 9.84 Å². The van der Waals surface area contributed by atoms with Gasteiger partial charge in [-0.05, 0) is 51.4 Å². The molecule has 0 bridgehead atoms.